The quantitative estimate of drug-likeness (QED) is 0.797. The summed E-state index contributed by atoms with van der Waals surface area (Å²) in [5.74, 6) is -0.207. The molecule has 0 radical (unpaired) electrons. The summed E-state index contributed by atoms with van der Waals surface area (Å²) in [4.78, 5) is 2.24. The lowest BCUT2D eigenvalue weighted by molar-refractivity contribution is -0.0649. The van der Waals surface area contributed by atoms with Crippen molar-refractivity contribution < 1.29 is 19.0 Å². The van der Waals surface area contributed by atoms with Crippen molar-refractivity contribution in [3.8, 4) is 0 Å². The van der Waals surface area contributed by atoms with Crippen LogP contribution in [-0.4, -0.2) is 54.6 Å². The number of halogens is 1. The fourth-order valence-electron chi connectivity index (χ4n) is 3.07. The topological polar surface area (TPSA) is 41.9 Å². The fourth-order valence-corrected chi connectivity index (χ4v) is 3.07. The molecule has 2 fully saturated rings. The van der Waals surface area contributed by atoms with E-state index in [0.717, 1.165) is 44.5 Å². The molecule has 1 saturated carbocycles. The minimum atomic E-state index is -0.507. The highest BCUT2D eigenvalue weighted by Gasteiger charge is 2.30. The SMILES string of the molecule is OC(COC1CCOCC1)CN(Cc1cccc(F)c1)C1CC1. The highest BCUT2D eigenvalue weighted by atomic mass is 19.1. The molecule has 128 valence electrons. The lowest BCUT2D eigenvalue weighted by Gasteiger charge is -2.27. The minimum Gasteiger partial charge on any atom is -0.389 e. The van der Waals surface area contributed by atoms with E-state index in [9.17, 15) is 9.50 Å². The van der Waals surface area contributed by atoms with Crippen molar-refractivity contribution in [2.75, 3.05) is 26.4 Å². The molecule has 1 N–H and O–H groups in total. The average Bonchev–Trinajstić information content (AvgIpc) is 3.38. The van der Waals surface area contributed by atoms with Crippen LogP contribution < -0.4 is 0 Å². The van der Waals surface area contributed by atoms with E-state index in [4.69, 9.17) is 9.47 Å². The van der Waals surface area contributed by atoms with E-state index < -0.39 is 6.10 Å². The van der Waals surface area contributed by atoms with Gasteiger partial charge in [-0.2, -0.15) is 0 Å². The molecular formula is C18H26FNO3. The number of aliphatic hydroxyl groups excluding tert-OH is 1. The molecule has 0 bridgehead atoms. The van der Waals surface area contributed by atoms with Crippen LogP contribution in [0.5, 0.6) is 0 Å². The molecular weight excluding hydrogens is 297 g/mol. The van der Waals surface area contributed by atoms with E-state index in [2.05, 4.69) is 4.90 Å². The van der Waals surface area contributed by atoms with Crippen LogP contribution in [-0.2, 0) is 16.0 Å². The van der Waals surface area contributed by atoms with Crippen LogP contribution in [0.1, 0.15) is 31.2 Å². The minimum absolute atomic E-state index is 0.205. The summed E-state index contributed by atoms with van der Waals surface area (Å²) in [6, 6.07) is 7.21. The molecule has 1 atom stereocenters. The molecule has 1 aromatic rings. The predicted octanol–water partition coefficient (Wildman–Crippen LogP) is 2.35. The van der Waals surface area contributed by atoms with Gasteiger partial charge in [0.2, 0.25) is 0 Å². The van der Waals surface area contributed by atoms with E-state index in [-0.39, 0.29) is 11.9 Å². The lowest BCUT2D eigenvalue weighted by Crippen LogP contribution is -2.37. The van der Waals surface area contributed by atoms with Crippen LogP contribution in [0.3, 0.4) is 0 Å². The van der Waals surface area contributed by atoms with Gasteiger partial charge in [0.15, 0.2) is 0 Å². The smallest absolute Gasteiger partial charge is 0.123 e. The van der Waals surface area contributed by atoms with E-state index in [0.29, 0.717) is 25.7 Å². The summed E-state index contributed by atoms with van der Waals surface area (Å²) in [6.45, 7) is 3.10. The van der Waals surface area contributed by atoms with Crippen LogP contribution in [0.15, 0.2) is 24.3 Å². The van der Waals surface area contributed by atoms with Gasteiger partial charge in [0.1, 0.15) is 5.82 Å². The number of benzene rings is 1. The van der Waals surface area contributed by atoms with Gasteiger partial charge in [-0.1, -0.05) is 12.1 Å². The van der Waals surface area contributed by atoms with Gasteiger partial charge in [0, 0.05) is 32.3 Å². The largest absolute Gasteiger partial charge is 0.389 e. The second-order valence-corrected chi connectivity index (χ2v) is 6.59. The maximum absolute atomic E-state index is 13.3. The first kappa shape index (κ1) is 16.8. The fraction of sp³-hybridized carbons (Fsp3) is 0.667. The van der Waals surface area contributed by atoms with Crippen molar-refractivity contribution >= 4 is 0 Å². The molecule has 5 heteroatoms. The molecule has 1 aliphatic carbocycles. The molecule has 23 heavy (non-hydrogen) atoms. The van der Waals surface area contributed by atoms with E-state index in [1.54, 1.807) is 12.1 Å². The molecule has 0 aromatic heterocycles. The molecule has 1 aliphatic heterocycles. The van der Waals surface area contributed by atoms with Crippen molar-refractivity contribution in [1.82, 2.24) is 4.90 Å². The number of hydrogen-bond donors (Lipinski definition) is 1. The molecule has 3 rings (SSSR count). The van der Waals surface area contributed by atoms with Gasteiger partial charge in [-0.25, -0.2) is 4.39 Å². The Morgan fingerprint density at radius 3 is 2.74 bits per heavy atom. The summed E-state index contributed by atoms with van der Waals surface area (Å²) in [5.41, 5.74) is 0.953. The Hall–Kier alpha value is -1.01. The molecule has 0 spiro atoms. The maximum atomic E-state index is 13.3. The third-order valence-electron chi connectivity index (χ3n) is 4.48. The first-order valence-corrected chi connectivity index (χ1v) is 8.56. The number of rotatable bonds is 8. The van der Waals surface area contributed by atoms with Gasteiger partial charge >= 0.3 is 0 Å². The van der Waals surface area contributed by atoms with Crippen LogP contribution in [0, 0.1) is 5.82 Å². The monoisotopic (exact) mass is 323 g/mol. The van der Waals surface area contributed by atoms with Gasteiger partial charge in [-0.15, -0.1) is 0 Å². The third-order valence-corrected chi connectivity index (χ3v) is 4.48. The van der Waals surface area contributed by atoms with E-state index in [1.807, 2.05) is 6.07 Å². The van der Waals surface area contributed by atoms with Gasteiger partial charge in [0.05, 0.1) is 18.8 Å². The van der Waals surface area contributed by atoms with Gasteiger partial charge in [-0.3, -0.25) is 4.90 Å². The first-order valence-electron chi connectivity index (χ1n) is 8.56. The maximum Gasteiger partial charge on any atom is 0.123 e. The molecule has 2 aliphatic rings. The Kier molecular flexibility index (Phi) is 6.00. The summed E-state index contributed by atoms with van der Waals surface area (Å²) >= 11 is 0. The summed E-state index contributed by atoms with van der Waals surface area (Å²) in [5, 5.41) is 10.3. The van der Waals surface area contributed by atoms with E-state index >= 15 is 0 Å². The second-order valence-electron chi connectivity index (χ2n) is 6.59. The zero-order chi connectivity index (χ0) is 16.1. The Morgan fingerprint density at radius 2 is 2.04 bits per heavy atom. The zero-order valence-corrected chi connectivity index (χ0v) is 13.5. The van der Waals surface area contributed by atoms with Gasteiger partial charge < -0.3 is 14.6 Å². The van der Waals surface area contributed by atoms with Crippen LogP contribution >= 0.6 is 0 Å². The van der Waals surface area contributed by atoms with Gasteiger partial charge in [0.25, 0.3) is 0 Å². The highest BCUT2D eigenvalue weighted by Crippen LogP contribution is 2.28. The van der Waals surface area contributed by atoms with Crippen molar-refractivity contribution in [3.63, 3.8) is 0 Å². The Morgan fingerprint density at radius 1 is 1.26 bits per heavy atom. The van der Waals surface area contributed by atoms with Crippen molar-refractivity contribution in [1.29, 1.82) is 0 Å². The standard InChI is InChI=1S/C18H26FNO3/c19-15-3-1-2-14(10-15)11-20(16-4-5-16)12-17(21)13-23-18-6-8-22-9-7-18/h1-3,10,16-18,21H,4-9,11-13H2. The van der Waals surface area contributed by atoms with Crippen molar-refractivity contribution in [3.05, 3.63) is 35.6 Å². The molecule has 1 aromatic carbocycles. The van der Waals surface area contributed by atoms with Gasteiger partial charge in [-0.05, 0) is 43.4 Å². The number of aliphatic hydroxyl groups is 1. The van der Waals surface area contributed by atoms with Crippen LogP contribution in [0.2, 0.25) is 0 Å². The van der Waals surface area contributed by atoms with Crippen LogP contribution in [0.4, 0.5) is 4.39 Å². The highest BCUT2D eigenvalue weighted by molar-refractivity contribution is 5.16. The Labute approximate surface area is 137 Å². The number of hydrogen-bond acceptors (Lipinski definition) is 4. The molecule has 1 saturated heterocycles. The second kappa shape index (κ2) is 8.20. The van der Waals surface area contributed by atoms with Crippen LogP contribution in [0.25, 0.3) is 0 Å². The number of nitrogens with zero attached hydrogens (tertiary/aromatic N) is 1. The van der Waals surface area contributed by atoms with Crippen molar-refractivity contribution in [2.45, 2.75) is 50.5 Å². The predicted molar refractivity (Wildman–Crippen MR) is 85.6 cm³/mol. The van der Waals surface area contributed by atoms with E-state index in [1.165, 1.54) is 6.07 Å². The Balaban J connectivity index is 1.46. The molecule has 1 unspecified atom stereocenters. The van der Waals surface area contributed by atoms with Crippen molar-refractivity contribution in [2.24, 2.45) is 0 Å². The summed E-state index contributed by atoms with van der Waals surface area (Å²) in [7, 11) is 0. The zero-order valence-electron chi connectivity index (χ0n) is 13.5. The molecule has 4 nitrogen and oxygen atoms in total. The molecule has 1 heterocycles. The average molecular weight is 323 g/mol. The normalized spacial score (nSPS) is 20.8. The Bertz CT molecular complexity index is 489. The first-order chi connectivity index (χ1) is 11.2. The summed E-state index contributed by atoms with van der Waals surface area (Å²) in [6.07, 6.45) is 3.82. The lowest BCUT2D eigenvalue weighted by atomic mass is 10.1. The third kappa shape index (κ3) is 5.53. The number of ether oxygens (including phenoxy) is 2. The summed E-state index contributed by atoms with van der Waals surface area (Å²) < 4.78 is 24.4. The molecule has 0 amide bonds.